The van der Waals surface area contributed by atoms with E-state index in [0.717, 1.165) is 62.3 Å². The molecule has 338 valence electrons. The number of hydrogen-bond acceptors (Lipinski definition) is 0. The molecule has 3 aromatic carbocycles. The molecule has 0 saturated heterocycles. The standard InChI is InChI=1S/C22H30N.C21H26N.C19H22N/c1-15-8-9-17(16(2)12-15)20-13-18-19(14-23(20)7)22(5,6)11-10-21(18,3)4;1-13-6-7-15(14(2)12-13)20-19-16(10-11-22(20)5)17-8-9-18(19)21(17,3)4;1-12-4-7-16(13(2)10-12)19-18-15-6-5-14(11-15)17(18)8-9-20(19)3/h8-9,12-14H,10-11H2,1-7H3;6-7,10-12,17-18H,8-9H2,1-5H3;4,7-10,14-15H,5-6,11H2,1-3H3/q3*+1/i;1D3,17D,18D;1D3,14D,15D. The largest absolute Gasteiger partial charge is 0.216 e. The second kappa shape index (κ2) is 16.5. The first-order chi connectivity index (χ1) is 34.5. The lowest BCUT2D eigenvalue weighted by Gasteiger charge is -2.40. The predicted molar refractivity (Wildman–Crippen MR) is 271 cm³/mol. The Morgan fingerprint density at radius 1 is 0.523 bits per heavy atom. The first-order valence-electron chi connectivity index (χ1n) is 28.9. The van der Waals surface area contributed by atoms with Gasteiger partial charge in [0.25, 0.3) is 0 Å². The molecular formula is C62H78N3+3. The van der Waals surface area contributed by atoms with E-state index in [9.17, 15) is 2.74 Å². The van der Waals surface area contributed by atoms with Crippen LogP contribution in [0.25, 0.3) is 33.8 Å². The van der Waals surface area contributed by atoms with E-state index in [1.807, 2.05) is 87.6 Å². The third-order valence-corrected chi connectivity index (χ3v) is 16.0. The molecule has 5 aliphatic rings. The van der Waals surface area contributed by atoms with Crippen LogP contribution in [0.1, 0.15) is 191 Å². The van der Waals surface area contributed by atoms with Crippen molar-refractivity contribution in [1.29, 1.82) is 0 Å². The van der Waals surface area contributed by atoms with Crippen LogP contribution in [0.3, 0.4) is 0 Å². The van der Waals surface area contributed by atoms with Crippen LogP contribution in [0, 0.1) is 46.8 Å². The number of nitrogens with zero attached hydrogens (tertiary/aromatic N) is 3. The summed E-state index contributed by atoms with van der Waals surface area (Å²) >= 11 is 0. The van der Waals surface area contributed by atoms with E-state index in [1.165, 1.54) is 46.4 Å². The van der Waals surface area contributed by atoms with Gasteiger partial charge in [0.1, 0.15) is 21.1 Å². The highest BCUT2D eigenvalue weighted by Crippen LogP contribution is 2.65. The molecule has 0 aliphatic heterocycles. The zero-order valence-electron chi connectivity index (χ0n) is 51.5. The van der Waals surface area contributed by atoms with E-state index >= 15 is 0 Å². The van der Waals surface area contributed by atoms with Crippen molar-refractivity contribution in [1.82, 2.24) is 0 Å². The number of aromatic nitrogens is 3. The van der Waals surface area contributed by atoms with Crippen LogP contribution in [-0.2, 0) is 32.0 Å². The zero-order valence-corrected chi connectivity index (χ0v) is 41.5. The lowest BCUT2D eigenvalue weighted by molar-refractivity contribution is -0.661. The van der Waals surface area contributed by atoms with E-state index in [1.54, 1.807) is 24.3 Å². The molecule has 3 heterocycles. The Hall–Kier alpha value is -4.89. The monoisotopic (exact) mass is 875 g/mol. The van der Waals surface area contributed by atoms with E-state index < -0.39 is 42.7 Å². The molecule has 6 aromatic rings. The van der Waals surface area contributed by atoms with Crippen LogP contribution in [-0.4, -0.2) is 0 Å². The smallest absolute Gasteiger partial charge is 0.201 e. The Bertz CT molecular complexity index is 3310. The maximum Gasteiger partial charge on any atom is 0.216 e. The second-order valence-electron chi connectivity index (χ2n) is 21.8. The van der Waals surface area contributed by atoms with Gasteiger partial charge in [0, 0.05) is 65.3 Å². The fourth-order valence-corrected chi connectivity index (χ4v) is 12.2. The van der Waals surface area contributed by atoms with E-state index in [0.29, 0.717) is 36.8 Å². The molecule has 65 heavy (non-hydrogen) atoms. The van der Waals surface area contributed by atoms with Crippen LogP contribution >= 0.6 is 0 Å². The average Bonchev–Trinajstić information content (AvgIpc) is 3.86. The topological polar surface area (TPSA) is 11.6 Å². The lowest BCUT2D eigenvalue weighted by atomic mass is 9.63. The molecule has 3 aromatic heterocycles. The van der Waals surface area contributed by atoms with Gasteiger partial charge in [0.05, 0.1) is 0 Å². The Morgan fingerprint density at radius 2 is 1.03 bits per heavy atom. The fraction of sp³-hybridized carbons (Fsp3) is 0.468. The molecular weight excluding hydrogens is 787 g/mol. The minimum Gasteiger partial charge on any atom is -0.201 e. The van der Waals surface area contributed by atoms with Gasteiger partial charge >= 0.3 is 0 Å². The molecule has 3 heteroatoms. The molecule has 4 unspecified atom stereocenters. The van der Waals surface area contributed by atoms with E-state index in [2.05, 4.69) is 83.6 Å². The van der Waals surface area contributed by atoms with Gasteiger partial charge in [-0.3, -0.25) is 0 Å². The van der Waals surface area contributed by atoms with Crippen LogP contribution < -0.4 is 13.7 Å². The molecule has 0 N–H and O–H groups in total. The summed E-state index contributed by atoms with van der Waals surface area (Å²) in [7, 11) is 6.11. The number of pyridine rings is 3. The number of fused-ring (bicyclic) bond motifs is 11. The highest BCUT2D eigenvalue weighted by Gasteiger charge is 2.54. The zero-order chi connectivity index (χ0) is 55.2. The fourth-order valence-electron chi connectivity index (χ4n) is 12.2. The SMILES string of the molecule is Cc1ccc(-c2cc3c(c[n+]2C)C(C)(C)CCC3(C)C)c(C)c1.[2H]C([2H])([2H])c1ccc(-c2c3c(cc[n+]2C)C2([2H])CCC3([2H])C2(C)C)c(C)c1.[2H]C([2H])([2H])c1ccc(-c2c3c(cc[n+]2C)C2([2H])CCC3([2H])C2)c(C)c1. The molecule has 4 bridgehead atoms. The van der Waals surface area contributed by atoms with Crippen LogP contribution in [0.5, 0.6) is 0 Å². The summed E-state index contributed by atoms with van der Waals surface area (Å²) in [6.07, 6.45) is 12.2. The normalized spacial score (nSPS) is 29.2. The van der Waals surface area contributed by atoms with E-state index in [-0.39, 0.29) is 10.8 Å². The minimum atomic E-state index is -2.13. The molecule has 0 spiro atoms. The van der Waals surface area contributed by atoms with Crippen molar-refractivity contribution < 1.29 is 27.4 Å². The van der Waals surface area contributed by atoms with E-state index in [4.69, 9.17) is 11.0 Å². The first-order valence-corrected chi connectivity index (χ1v) is 23.9. The van der Waals surface area contributed by atoms with Crippen molar-refractivity contribution in [2.45, 2.75) is 162 Å². The molecule has 2 saturated carbocycles. The number of hydrogen-bond donors (Lipinski definition) is 0. The van der Waals surface area contributed by atoms with Crippen LogP contribution in [0.2, 0.25) is 0 Å². The van der Waals surface area contributed by atoms with Gasteiger partial charge in [-0.1, -0.05) is 94.6 Å². The summed E-state index contributed by atoms with van der Waals surface area (Å²) < 4.78 is 88.4. The summed E-state index contributed by atoms with van der Waals surface area (Å²) in [5, 5.41) is 0. The maximum atomic E-state index is 9.36. The molecule has 0 radical (unpaired) electrons. The third-order valence-electron chi connectivity index (χ3n) is 16.0. The number of benzene rings is 3. The maximum absolute atomic E-state index is 9.36. The van der Waals surface area contributed by atoms with Crippen molar-refractivity contribution in [2.24, 2.45) is 26.6 Å². The van der Waals surface area contributed by atoms with Gasteiger partial charge in [0.2, 0.25) is 17.1 Å². The summed E-state index contributed by atoms with van der Waals surface area (Å²) in [6, 6.07) is 23.7. The lowest BCUT2D eigenvalue weighted by Crippen LogP contribution is -2.40. The Balaban J connectivity index is 0.000000138. The van der Waals surface area contributed by atoms with Gasteiger partial charge in [-0.25, -0.2) is 13.7 Å². The van der Waals surface area contributed by atoms with Crippen LogP contribution in [0.4, 0.5) is 0 Å². The number of rotatable bonds is 3. The number of aryl methyl sites for hydroxylation is 9. The summed E-state index contributed by atoms with van der Waals surface area (Å²) in [6.45, 7) is 17.6. The first kappa shape index (κ1) is 34.4. The van der Waals surface area contributed by atoms with Gasteiger partial charge in [-0.2, -0.15) is 0 Å². The summed E-state index contributed by atoms with van der Waals surface area (Å²) in [5.74, 6) is -2.92. The van der Waals surface area contributed by atoms with Crippen molar-refractivity contribution in [2.75, 3.05) is 0 Å². The highest BCUT2D eigenvalue weighted by atomic mass is 14.9. The van der Waals surface area contributed by atoms with Crippen molar-refractivity contribution in [3.8, 4) is 33.8 Å². The molecule has 5 aliphatic carbocycles. The van der Waals surface area contributed by atoms with Crippen molar-refractivity contribution >= 4 is 0 Å². The molecule has 11 rings (SSSR count). The Morgan fingerprint density at radius 3 is 1.63 bits per heavy atom. The Kier molecular flexibility index (Phi) is 8.72. The quantitative estimate of drug-likeness (QED) is 0.157. The van der Waals surface area contributed by atoms with Gasteiger partial charge in [0.15, 0.2) is 18.6 Å². The minimum absolute atomic E-state index is 0.256. The average molecular weight is 875 g/mol. The summed E-state index contributed by atoms with van der Waals surface area (Å²) in [5.41, 5.74) is 18.5. The predicted octanol–water partition coefficient (Wildman–Crippen LogP) is 14.1. The third kappa shape index (κ3) is 7.81. The van der Waals surface area contributed by atoms with Crippen molar-refractivity contribution in [3.05, 3.63) is 158 Å². The highest BCUT2D eigenvalue weighted by molar-refractivity contribution is 5.70. The Labute approximate surface area is 407 Å². The van der Waals surface area contributed by atoms with Gasteiger partial charge < -0.3 is 0 Å². The van der Waals surface area contributed by atoms with Gasteiger partial charge in [-0.15, -0.1) is 0 Å². The molecule has 4 atom stereocenters. The molecule has 3 nitrogen and oxygen atoms in total. The molecule has 2 fully saturated rings. The van der Waals surface area contributed by atoms with Crippen LogP contribution in [0.15, 0.2) is 91.4 Å². The molecule has 0 amide bonds. The summed E-state index contributed by atoms with van der Waals surface area (Å²) in [4.78, 5) is 0. The second-order valence-corrected chi connectivity index (χ2v) is 21.8. The van der Waals surface area contributed by atoms with Gasteiger partial charge in [-0.05, 0) is 178 Å². The van der Waals surface area contributed by atoms with Crippen molar-refractivity contribution in [3.63, 3.8) is 0 Å².